The molecule has 0 spiro atoms. The van der Waals surface area contributed by atoms with Crippen LogP contribution in [0.3, 0.4) is 0 Å². The second-order valence-corrected chi connectivity index (χ2v) is 5.41. The van der Waals surface area contributed by atoms with Crippen LogP contribution in [0.1, 0.15) is 11.3 Å². The zero-order chi connectivity index (χ0) is 16.1. The normalized spacial score (nSPS) is 11.2. The average Bonchev–Trinajstić information content (AvgIpc) is 3.05. The number of hydrogen-bond donors (Lipinski definition) is 1. The van der Waals surface area contributed by atoms with Crippen molar-refractivity contribution in [3.05, 3.63) is 66.1 Å². The van der Waals surface area contributed by atoms with Gasteiger partial charge in [0.1, 0.15) is 0 Å². The number of aromatic nitrogens is 3. The van der Waals surface area contributed by atoms with E-state index in [1.807, 2.05) is 53.8 Å². The van der Waals surface area contributed by atoms with Gasteiger partial charge in [0.2, 0.25) is 0 Å². The number of fused-ring (bicyclic) bond motifs is 1. The van der Waals surface area contributed by atoms with E-state index in [0.717, 1.165) is 17.3 Å². The molecular formula is C17H21IN6. The fourth-order valence-corrected chi connectivity index (χ4v) is 2.29. The minimum Gasteiger partial charge on any atom is -0.351 e. The highest BCUT2D eigenvalue weighted by Gasteiger charge is 2.05. The van der Waals surface area contributed by atoms with E-state index in [1.54, 1.807) is 12.4 Å². The van der Waals surface area contributed by atoms with Crippen LogP contribution < -0.4 is 5.32 Å². The van der Waals surface area contributed by atoms with Gasteiger partial charge in [0, 0.05) is 26.4 Å². The summed E-state index contributed by atoms with van der Waals surface area (Å²) in [6, 6.07) is 14.1. The molecule has 0 fully saturated rings. The summed E-state index contributed by atoms with van der Waals surface area (Å²) in [7, 11) is 3.96. The minimum atomic E-state index is 0. The molecule has 1 aromatic carbocycles. The number of nitrogens with one attached hydrogen (secondary N) is 1. The molecule has 0 saturated heterocycles. The van der Waals surface area contributed by atoms with E-state index in [4.69, 9.17) is 0 Å². The van der Waals surface area contributed by atoms with Crippen LogP contribution in [-0.2, 0) is 13.1 Å². The lowest BCUT2D eigenvalue weighted by Gasteiger charge is -2.18. The third-order valence-corrected chi connectivity index (χ3v) is 3.47. The van der Waals surface area contributed by atoms with E-state index < -0.39 is 0 Å². The lowest BCUT2D eigenvalue weighted by molar-refractivity contribution is 0.575. The Hall–Kier alpha value is -2.16. The van der Waals surface area contributed by atoms with Crippen molar-refractivity contribution in [2.45, 2.75) is 13.1 Å². The van der Waals surface area contributed by atoms with E-state index in [0.29, 0.717) is 13.1 Å². The summed E-state index contributed by atoms with van der Waals surface area (Å²) in [5, 5.41) is 7.67. The predicted octanol–water partition coefficient (Wildman–Crippen LogP) is 2.55. The molecule has 2 aromatic heterocycles. The Kier molecular flexibility index (Phi) is 6.53. The van der Waals surface area contributed by atoms with Crippen molar-refractivity contribution >= 4 is 35.6 Å². The second-order valence-electron chi connectivity index (χ2n) is 5.41. The smallest absolute Gasteiger partial charge is 0.194 e. The van der Waals surface area contributed by atoms with Crippen molar-refractivity contribution in [2.24, 2.45) is 4.99 Å². The Morgan fingerprint density at radius 3 is 2.67 bits per heavy atom. The van der Waals surface area contributed by atoms with Crippen LogP contribution in [-0.4, -0.2) is 39.6 Å². The van der Waals surface area contributed by atoms with E-state index in [-0.39, 0.29) is 24.0 Å². The van der Waals surface area contributed by atoms with Gasteiger partial charge in [-0.3, -0.25) is 0 Å². The molecule has 126 valence electrons. The maximum atomic E-state index is 4.66. The Bertz CT molecular complexity index is 797. The molecule has 0 aliphatic rings. The highest BCUT2D eigenvalue weighted by molar-refractivity contribution is 14.0. The first-order chi connectivity index (χ1) is 11.2. The molecule has 3 rings (SSSR count). The summed E-state index contributed by atoms with van der Waals surface area (Å²) in [5.41, 5.74) is 3.07. The summed E-state index contributed by atoms with van der Waals surface area (Å²) in [5.74, 6) is 0.839. The largest absolute Gasteiger partial charge is 0.351 e. The van der Waals surface area contributed by atoms with Gasteiger partial charge in [0.15, 0.2) is 11.6 Å². The standard InChI is InChI=1S/C17H20N6.HI/c1-22(2)17(19-12-14-6-4-3-5-7-14)20-13-15-8-10-18-16-9-11-21-23(15)16;/h3-11H,12-13H2,1-2H3,(H,19,20);1H. The van der Waals surface area contributed by atoms with Crippen LogP contribution in [0.4, 0.5) is 0 Å². The maximum Gasteiger partial charge on any atom is 0.194 e. The van der Waals surface area contributed by atoms with E-state index >= 15 is 0 Å². The molecule has 0 aliphatic carbocycles. The lowest BCUT2D eigenvalue weighted by atomic mass is 10.2. The van der Waals surface area contributed by atoms with Crippen LogP contribution in [0.5, 0.6) is 0 Å². The number of benzene rings is 1. The fraction of sp³-hybridized carbons (Fsp3) is 0.235. The Morgan fingerprint density at radius 1 is 1.12 bits per heavy atom. The zero-order valence-electron chi connectivity index (χ0n) is 13.8. The number of rotatable bonds is 4. The SMILES string of the molecule is CN(C)C(=NCc1ccccc1)NCc1ccnc2ccnn12.I. The number of halogens is 1. The van der Waals surface area contributed by atoms with Gasteiger partial charge in [-0.05, 0) is 11.6 Å². The van der Waals surface area contributed by atoms with Gasteiger partial charge in [-0.15, -0.1) is 24.0 Å². The van der Waals surface area contributed by atoms with Crippen molar-refractivity contribution in [3.8, 4) is 0 Å². The van der Waals surface area contributed by atoms with E-state index in [9.17, 15) is 0 Å². The first kappa shape index (κ1) is 18.2. The van der Waals surface area contributed by atoms with E-state index in [2.05, 4.69) is 32.5 Å². The highest BCUT2D eigenvalue weighted by Crippen LogP contribution is 2.04. The third kappa shape index (κ3) is 4.44. The van der Waals surface area contributed by atoms with Crippen LogP contribution in [0.25, 0.3) is 5.65 Å². The molecule has 24 heavy (non-hydrogen) atoms. The van der Waals surface area contributed by atoms with Gasteiger partial charge in [0.25, 0.3) is 0 Å². The second kappa shape index (κ2) is 8.62. The van der Waals surface area contributed by atoms with Gasteiger partial charge in [-0.25, -0.2) is 14.5 Å². The highest BCUT2D eigenvalue weighted by atomic mass is 127. The average molecular weight is 436 g/mol. The molecule has 0 atom stereocenters. The summed E-state index contributed by atoms with van der Waals surface area (Å²) in [4.78, 5) is 10.9. The molecule has 0 radical (unpaired) electrons. The number of guanidine groups is 1. The molecule has 3 aromatic rings. The molecule has 0 amide bonds. The van der Waals surface area contributed by atoms with Crippen LogP contribution in [0, 0.1) is 0 Å². The topological polar surface area (TPSA) is 57.8 Å². The molecule has 2 heterocycles. The fourth-order valence-electron chi connectivity index (χ4n) is 2.29. The lowest BCUT2D eigenvalue weighted by Crippen LogP contribution is -2.36. The van der Waals surface area contributed by atoms with Crippen LogP contribution >= 0.6 is 24.0 Å². The summed E-state index contributed by atoms with van der Waals surface area (Å²) < 4.78 is 1.83. The van der Waals surface area contributed by atoms with E-state index in [1.165, 1.54) is 5.56 Å². The van der Waals surface area contributed by atoms with Gasteiger partial charge >= 0.3 is 0 Å². The number of aliphatic imine (C=N–C) groups is 1. The number of nitrogens with zero attached hydrogens (tertiary/aromatic N) is 5. The van der Waals surface area contributed by atoms with Crippen molar-refractivity contribution in [3.63, 3.8) is 0 Å². The predicted molar refractivity (Wildman–Crippen MR) is 107 cm³/mol. The monoisotopic (exact) mass is 436 g/mol. The summed E-state index contributed by atoms with van der Waals surface area (Å²) >= 11 is 0. The molecule has 6 nitrogen and oxygen atoms in total. The Labute approximate surface area is 158 Å². The molecular weight excluding hydrogens is 415 g/mol. The Morgan fingerprint density at radius 2 is 1.92 bits per heavy atom. The molecule has 0 bridgehead atoms. The molecule has 7 heteroatoms. The van der Waals surface area contributed by atoms with Crippen molar-refractivity contribution in [2.75, 3.05) is 14.1 Å². The van der Waals surface area contributed by atoms with Gasteiger partial charge in [-0.2, -0.15) is 5.10 Å². The summed E-state index contributed by atoms with van der Waals surface area (Å²) in [6.07, 6.45) is 3.55. The van der Waals surface area contributed by atoms with Crippen molar-refractivity contribution in [1.82, 2.24) is 24.8 Å². The molecule has 0 aliphatic heterocycles. The third-order valence-electron chi connectivity index (χ3n) is 3.47. The first-order valence-corrected chi connectivity index (χ1v) is 7.51. The quantitative estimate of drug-likeness (QED) is 0.388. The molecule has 1 N–H and O–H groups in total. The number of hydrogen-bond acceptors (Lipinski definition) is 3. The molecule has 0 saturated carbocycles. The Balaban J connectivity index is 0.00000208. The first-order valence-electron chi connectivity index (χ1n) is 7.51. The van der Waals surface area contributed by atoms with Crippen molar-refractivity contribution < 1.29 is 0 Å². The van der Waals surface area contributed by atoms with Gasteiger partial charge < -0.3 is 10.2 Å². The summed E-state index contributed by atoms with van der Waals surface area (Å²) in [6.45, 7) is 1.28. The van der Waals surface area contributed by atoms with Crippen molar-refractivity contribution in [1.29, 1.82) is 0 Å². The zero-order valence-corrected chi connectivity index (χ0v) is 16.1. The van der Waals surface area contributed by atoms with Gasteiger partial charge in [-0.1, -0.05) is 30.3 Å². The van der Waals surface area contributed by atoms with Crippen LogP contribution in [0.2, 0.25) is 0 Å². The van der Waals surface area contributed by atoms with Crippen LogP contribution in [0.15, 0.2) is 59.9 Å². The minimum absolute atomic E-state index is 0. The molecule has 0 unspecified atom stereocenters. The maximum absolute atomic E-state index is 4.66. The van der Waals surface area contributed by atoms with Gasteiger partial charge in [0.05, 0.1) is 25.0 Å².